The Hall–Kier alpha value is -3.31. The number of nitrogens with zero attached hydrogens (tertiary/aromatic N) is 3. The van der Waals surface area contributed by atoms with Gasteiger partial charge in [0.2, 0.25) is 10.0 Å². The van der Waals surface area contributed by atoms with Crippen LogP contribution in [0.1, 0.15) is 35.7 Å². The molecule has 3 aromatic carbocycles. The number of hydrogen-bond acceptors (Lipinski definition) is 7. The molecule has 1 aliphatic rings. The minimum Gasteiger partial charge on any atom is -0.497 e. The van der Waals surface area contributed by atoms with E-state index in [1.54, 1.807) is 24.1 Å². The number of methoxy groups -OCH3 is 1. The van der Waals surface area contributed by atoms with E-state index in [1.165, 1.54) is 27.8 Å². The first-order valence-electron chi connectivity index (χ1n) is 12.9. The summed E-state index contributed by atoms with van der Waals surface area (Å²) in [7, 11) is -2.14. The summed E-state index contributed by atoms with van der Waals surface area (Å²) in [5, 5.41) is 0.565. The first kappa shape index (κ1) is 27.3. The molecule has 0 spiro atoms. The van der Waals surface area contributed by atoms with Gasteiger partial charge in [0.25, 0.3) is 5.91 Å². The van der Waals surface area contributed by atoms with Crippen LogP contribution in [0, 0.1) is 0 Å². The predicted octanol–water partition coefficient (Wildman–Crippen LogP) is 5.34. The number of ether oxygens (including phenoxy) is 2. The van der Waals surface area contributed by atoms with Crippen molar-refractivity contribution in [2.24, 2.45) is 0 Å². The van der Waals surface area contributed by atoms with Gasteiger partial charge in [-0.2, -0.15) is 4.31 Å². The highest BCUT2D eigenvalue weighted by molar-refractivity contribution is 7.89. The zero-order valence-corrected chi connectivity index (χ0v) is 23.6. The Kier molecular flexibility index (Phi) is 8.27. The largest absolute Gasteiger partial charge is 0.497 e. The van der Waals surface area contributed by atoms with Gasteiger partial charge in [0.05, 0.1) is 34.9 Å². The van der Waals surface area contributed by atoms with Crippen LogP contribution in [0.2, 0.25) is 0 Å². The molecule has 1 aliphatic heterocycles. The Labute approximate surface area is 232 Å². The fraction of sp³-hybridized carbons (Fsp3) is 0.310. The van der Waals surface area contributed by atoms with Crippen molar-refractivity contribution in [1.29, 1.82) is 0 Å². The van der Waals surface area contributed by atoms with Gasteiger partial charge in [-0.1, -0.05) is 48.6 Å². The molecule has 204 valence electrons. The molecule has 1 amide bonds. The fourth-order valence-electron chi connectivity index (χ4n) is 4.61. The molecule has 2 heterocycles. The highest BCUT2D eigenvalue weighted by atomic mass is 32.2. The Bertz CT molecular complexity index is 1530. The Morgan fingerprint density at radius 3 is 2.54 bits per heavy atom. The lowest BCUT2D eigenvalue weighted by atomic mass is 10.2. The summed E-state index contributed by atoms with van der Waals surface area (Å²) in [5.41, 5.74) is 2.04. The van der Waals surface area contributed by atoms with Gasteiger partial charge in [-0.15, -0.1) is 0 Å². The van der Waals surface area contributed by atoms with E-state index < -0.39 is 10.0 Å². The third kappa shape index (κ3) is 5.99. The van der Waals surface area contributed by atoms with E-state index in [-0.39, 0.29) is 23.5 Å². The number of rotatable bonds is 10. The first-order valence-corrected chi connectivity index (χ1v) is 15.2. The smallest absolute Gasteiger partial charge is 0.260 e. The molecule has 4 aromatic rings. The molecule has 1 aromatic heterocycles. The van der Waals surface area contributed by atoms with E-state index in [0.717, 1.165) is 28.6 Å². The van der Waals surface area contributed by atoms with Gasteiger partial charge < -0.3 is 9.47 Å². The first-order chi connectivity index (χ1) is 18.9. The number of carbonyl (C=O) groups is 1. The number of carbonyl (C=O) groups excluding carboxylic acids is 1. The van der Waals surface area contributed by atoms with Crippen molar-refractivity contribution in [1.82, 2.24) is 9.29 Å². The molecule has 1 saturated heterocycles. The highest BCUT2D eigenvalue weighted by Crippen LogP contribution is 2.33. The maximum atomic E-state index is 13.8. The van der Waals surface area contributed by atoms with Crippen LogP contribution in [0.15, 0.2) is 77.7 Å². The van der Waals surface area contributed by atoms with Gasteiger partial charge in [-0.05, 0) is 54.8 Å². The number of amides is 1. The van der Waals surface area contributed by atoms with Crippen molar-refractivity contribution in [2.45, 2.75) is 37.3 Å². The molecule has 0 aliphatic carbocycles. The Morgan fingerprint density at radius 2 is 1.87 bits per heavy atom. The summed E-state index contributed by atoms with van der Waals surface area (Å²) in [6.45, 7) is 3.46. The number of hydrogen-bond donors (Lipinski definition) is 0. The van der Waals surface area contributed by atoms with Crippen LogP contribution in [0.4, 0.5) is 5.13 Å². The van der Waals surface area contributed by atoms with Gasteiger partial charge >= 0.3 is 0 Å². The molecule has 0 N–H and O–H groups in total. The lowest BCUT2D eigenvalue weighted by molar-refractivity contribution is 0.0917. The van der Waals surface area contributed by atoms with Crippen LogP contribution in [0.3, 0.4) is 0 Å². The van der Waals surface area contributed by atoms with Crippen molar-refractivity contribution in [3.05, 3.63) is 83.9 Å². The zero-order chi connectivity index (χ0) is 27.4. The Balaban J connectivity index is 1.41. The highest BCUT2D eigenvalue weighted by Gasteiger charge is 2.28. The van der Waals surface area contributed by atoms with Gasteiger partial charge in [0.1, 0.15) is 5.75 Å². The standard InChI is InChI=1S/C29H31N3O5S2/c1-3-31(19-21-8-5-4-6-9-21)39(34,35)25-14-11-22(12-15-25)28(33)32(20-24-10-7-17-37-24)29-30-26-18-23(36-2)13-16-27(26)38-29/h4-6,8-9,11-16,18,24H,3,7,10,17,19-20H2,1-2H3. The number of sulfonamides is 1. The molecule has 39 heavy (non-hydrogen) atoms. The molecule has 0 bridgehead atoms. The summed E-state index contributed by atoms with van der Waals surface area (Å²) >= 11 is 1.43. The molecule has 0 radical (unpaired) electrons. The minimum atomic E-state index is -3.74. The van der Waals surface area contributed by atoms with E-state index in [9.17, 15) is 13.2 Å². The molecule has 10 heteroatoms. The van der Waals surface area contributed by atoms with Crippen LogP contribution < -0.4 is 9.64 Å². The number of fused-ring (bicyclic) bond motifs is 1. The summed E-state index contributed by atoms with van der Waals surface area (Å²) in [4.78, 5) is 20.3. The molecule has 0 saturated carbocycles. The topological polar surface area (TPSA) is 89.0 Å². The molecule has 1 unspecified atom stereocenters. The van der Waals surface area contributed by atoms with E-state index in [0.29, 0.717) is 36.1 Å². The molecule has 5 rings (SSSR count). The summed E-state index contributed by atoms with van der Waals surface area (Å²) in [6, 6.07) is 21.3. The van der Waals surface area contributed by atoms with Crippen molar-refractivity contribution in [2.75, 3.05) is 31.7 Å². The second kappa shape index (κ2) is 11.8. The minimum absolute atomic E-state index is 0.0775. The lowest BCUT2D eigenvalue weighted by Crippen LogP contribution is -2.37. The quantitative estimate of drug-likeness (QED) is 0.258. The number of anilines is 1. The van der Waals surface area contributed by atoms with Gasteiger partial charge in [0, 0.05) is 31.3 Å². The van der Waals surface area contributed by atoms with Crippen molar-refractivity contribution < 1.29 is 22.7 Å². The van der Waals surface area contributed by atoms with Crippen molar-refractivity contribution >= 4 is 42.6 Å². The number of aromatic nitrogens is 1. The second-order valence-electron chi connectivity index (χ2n) is 9.32. The van der Waals surface area contributed by atoms with Gasteiger partial charge in [0.15, 0.2) is 5.13 Å². The SMILES string of the molecule is CCN(Cc1ccccc1)S(=O)(=O)c1ccc(C(=O)N(CC2CCCO2)c2nc3cc(OC)ccc3s2)cc1. The van der Waals surface area contributed by atoms with Crippen LogP contribution in [0.5, 0.6) is 5.75 Å². The number of benzene rings is 3. The second-order valence-corrected chi connectivity index (χ2v) is 12.3. The third-order valence-electron chi connectivity index (χ3n) is 6.76. The average Bonchev–Trinajstić information content (AvgIpc) is 3.64. The number of thiazole rings is 1. The maximum Gasteiger partial charge on any atom is 0.260 e. The summed E-state index contributed by atoms with van der Waals surface area (Å²) < 4.78 is 40.3. The van der Waals surface area contributed by atoms with Crippen LogP contribution in [-0.2, 0) is 21.3 Å². The molecule has 1 fully saturated rings. The van der Waals surface area contributed by atoms with E-state index in [1.807, 2.05) is 55.5 Å². The zero-order valence-electron chi connectivity index (χ0n) is 21.9. The van der Waals surface area contributed by atoms with Gasteiger partial charge in [-0.3, -0.25) is 9.69 Å². The molecular formula is C29H31N3O5S2. The molecule has 1 atom stereocenters. The van der Waals surface area contributed by atoms with Crippen LogP contribution >= 0.6 is 11.3 Å². The van der Waals surface area contributed by atoms with E-state index in [2.05, 4.69) is 0 Å². The van der Waals surface area contributed by atoms with Gasteiger partial charge in [-0.25, -0.2) is 13.4 Å². The molecule has 8 nitrogen and oxygen atoms in total. The average molecular weight is 566 g/mol. The van der Waals surface area contributed by atoms with Crippen LogP contribution in [-0.4, -0.2) is 56.5 Å². The Morgan fingerprint density at radius 1 is 1.10 bits per heavy atom. The van der Waals surface area contributed by atoms with Crippen molar-refractivity contribution in [3.8, 4) is 5.75 Å². The normalized spacial score (nSPS) is 15.6. The predicted molar refractivity (Wildman–Crippen MR) is 153 cm³/mol. The third-order valence-corrected chi connectivity index (χ3v) is 9.76. The van der Waals surface area contributed by atoms with E-state index >= 15 is 0 Å². The summed E-state index contributed by atoms with van der Waals surface area (Å²) in [6.07, 6.45) is 1.74. The lowest BCUT2D eigenvalue weighted by Gasteiger charge is -2.23. The molecular weight excluding hydrogens is 534 g/mol. The van der Waals surface area contributed by atoms with Crippen molar-refractivity contribution in [3.63, 3.8) is 0 Å². The summed E-state index contributed by atoms with van der Waals surface area (Å²) in [5.74, 6) is 0.443. The maximum absolute atomic E-state index is 13.8. The van der Waals surface area contributed by atoms with E-state index in [4.69, 9.17) is 14.5 Å². The monoisotopic (exact) mass is 565 g/mol. The van der Waals surface area contributed by atoms with Crippen LogP contribution in [0.25, 0.3) is 10.2 Å². The fourth-order valence-corrected chi connectivity index (χ4v) is 7.00.